The number of nitrogens with two attached hydrogens (primary N) is 1. The molecule has 1 aliphatic rings. The molecule has 0 bridgehead atoms. The van der Waals surface area contributed by atoms with Gasteiger partial charge >= 0.3 is 0 Å². The molecule has 3 N–H and O–H groups in total. The van der Waals surface area contributed by atoms with Gasteiger partial charge in [0.2, 0.25) is 5.91 Å². The highest BCUT2D eigenvalue weighted by atomic mass is 16.1. The highest BCUT2D eigenvalue weighted by Crippen LogP contribution is 2.21. The van der Waals surface area contributed by atoms with Gasteiger partial charge in [-0.25, -0.2) is 0 Å². The minimum Gasteiger partial charge on any atom is -0.368 e. The van der Waals surface area contributed by atoms with Crippen LogP contribution in [0.15, 0.2) is 0 Å². The molecule has 0 aliphatic carbocycles. The summed E-state index contributed by atoms with van der Waals surface area (Å²) in [5, 5.41) is 3.23. The van der Waals surface area contributed by atoms with Crippen molar-refractivity contribution in [2.24, 2.45) is 11.7 Å². The van der Waals surface area contributed by atoms with Gasteiger partial charge in [-0.2, -0.15) is 0 Å². The molecule has 1 aliphatic heterocycles. The molecule has 1 amide bonds. The summed E-state index contributed by atoms with van der Waals surface area (Å²) in [5.74, 6) is 0.701. The molecular formula is C17H35N3O. The van der Waals surface area contributed by atoms with E-state index in [0.29, 0.717) is 0 Å². The SMILES string of the molecule is CCNC(C)(CCCCN1CCCC(CC)CC1)C(N)=O. The van der Waals surface area contributed by atoms with Gasteiger partial charge < -0.3 is 16.0 Å². The Kier molecular flexibility index (Phi) is 8.27. The third-order valence-electron chi connectivity index (χ3n) is 5.03. The number of primary amides is 1. The second kappa shape index (κ2) is 9.42. The van der Waals surface area contributed by atoms with Crippen molar-refractivity contribution in [1.29, 1.82) is 0 Å². The normalized spacial score (nSPS) is 23.5. The van der Waals surface area contributed by atoms with Crippen molar-refractivity contribution in [3.63, 3.8) is 0 Å². The zero-order valence-corrected chi connectivity index (χ0v) is 14.3. The molecule has 0 aromatic carbocycles. The number of carbonyl (C=O) groups is 1. The molecule has 124 valence electrons. The first-order valence-corrected chi connectivity index (χ1v) is 8.79. The number of likely N-dealkylation sites (tertiary alicyclic amines) is 1. The van der Waals surface area contributed by atoms with Crippen LogP contribution in [0.2, 0.25) is 0 Å². The Hall–Kier alpha value is -0.610. The van der Waals surface area contributed by atoms with Crippen LogP contribution in [0.1, 0.15) is 65.7 Å². The number of unbranched alkanes of at least 4 members (excludes halogenated alkanes) is 1. The maximum absolute atomic E-state index is 11.6. The molecule has 0 aromatic heterocycles. The Morgan fingerprint density at radius 3 is 2.67 bits per heavy atom. The van der Waals surface area contributed by atoms with Crippen LogP contribution in [0.5, 0.6) is 0 Å². The van der Waals surface area contributed by atoms with E-state index in [1.165, 1.54) is 38.8 Å². The quantitative estimate of drug-likeness (QED) is 0.643. The van der Waals surface area contributed by atoms with Crippen LogP contribution < -0.4 is 11.1 Å². The predicted octanol–water partition coefficient (Wildman–Crippen LogP) is 2.52. The molecule has 4 nitrogen and oxygen atoms in total. The van der Waals surface area contributed by atoms with E-state index in [0.717, 1.165) is 38.3 Å². The lowest BCUT2D eigenvalue weighted by atomic mass is 9.94. The number of likely N-dealkylation sites (N-methyl/N-ethyl adjacent to an activating group) is 1. The maximum Gasteiger partial charge on any atom is 0.237 e. The molecule has 0 saturated carbocycles. The van der Waals surface area contributed by atoms with Crippen molar-refractivity contribution >= 4 is 5.91 Å². The zero-order valence-electron chi connectivity index (χ0n) is 14.3. The van der Waals surface area contributed by atoms with Crippen molar-refractivity contribution in [1.82, 2.24) is 10.2 Å². The van der Waals surface area contributed by atoms with E-state index in [1.54, 1.807) is 0 Å². The Morgan fingerprint density at radius 1 is 1.29 bits per heavy atom. The number of nitrogens with zero attached hydrogens (tertiary/aromatic N) is 1. The summed E-state index contributed by atoms with van der Waals surface area (Å²) in [7, 11) is 0. The fourth-order valence-electron chi connectivity index (χ4n) is 3.36. The molecule has 4 heteroatoms. The van der Waals surface area contributed by atoms with E-state index in [-0.39, 0.29) is 5.91 Å². The summed E-state index contributed by atoms with van der Waals surface area (Å²) in [6.07, 6.45) is 8.47. The molecule has 1 fully saturated rings. The number of nitrogens with one attached hydrogen (secondary N) is 1. The van der Waals surface area contributed by atoms with Gasteiger partial charge in [-0.3, -0.25) is 4.79 Å². The van der Waals surface area contributed by atoms with Gasteiger partial charge in [-0.05, 0) is 77.5 Å². The Balaban J connectivity index is 2.25. The molecule has 0 aromatic rings. The van der Waals surface area contributed by atoms with Crippen LogP contribution in [0.25, 0.3) is 0 Å². The first-order chi connectivity index (χ1) is 10.0. The van der Waals surface area contributed by atoms with Gasteiger partial charge in [0.1, 0.15) is 0 Å². The smallest absolute Gasteiger partial charge is 0.237 e. The number of hydrogen-bond acceptors (Lipinski definition) is 3. The Labute approximate surface area is 130 Å². The molecule has 21 heavy (non-hydrogen) atoms. The van der Waals surface area contributed by atoms with Crippen LogP contribution in [0, 0.1) is 5.92 Å². The van der Waals surface area contributed by atoms with Crippen molar-refractivity contribution < 1.29 is 4.79 Å². The molecule has 0 radical (unpaired) electrons. The summed E-state index contributed by atoms with van der Waals surface area (Å²) >= 11 is 0. The number of carbonyl (C=O) groups excluding carboxylic acids is 1. The summed E-state index contributed by atoms with van der Waals surface area (Å²) in [6, 6.07) is 0. The van der Waals surface area contributed by atoms with Gasteiger partial charge in [0.05, 0.1) is 5.54 Å². The number of rotatable bonds is 9. The second-order valence-electron chi connectivity index (χ2n) is 6.73. The lowest BCUT2D eigenvalue weighted by molar-refractivity contribution is -0.124. The fourth-order valence-corrected chi connectivity index (χ4v) is 3.36. The molecule has 2 atom stereocenters. The standard InChI is InChI=1S/C17H35N3O/c1-4-15-9-8-13-20(14-10-15)12-7-6-11-17(3,16(18)21)19-5-2/h15,19H,4-14H2,1-3H3,(H2,18,21). The number of hydrogen-bond donors (Lipinski definition) is 2. The minimum absolute atomic E-state index is 0.232. The number of amides is 1. The van der Waals surface area contributed by atoms with Crippen LogP contribution in [0.3, 0.4) is 0 Å². The predicted molar refractivity (Wildman–Crippen MR) is 89.2 cm³/mol. The van der Waals surface area contributed by atoms with Crippen molar-refractivity contribution in [3.05, 3.63) is 0 Å². The van der Waals surface area contributed by atoms with E-state index in [2.05, 4.69) is 17.1 Å². The molecule has 1 saturated heterocycles. The van der Waals surface area contributed by atoms with Crippen molar-refractivity contribution in [2.45, 2.75) is 71.3 Å². The van der Waals surface area contributed by atoms with Gasteiger partial charge in [-0.1, -0.05) is 20.3 Å². The minimum atomic E-state index is -0.541. The molecule has 1 rings (SSSR count). The molecular weight excluding hydrogens is 262 g/mol. The first-order valence-electron chi connectivity index (χ1n) is 8.79. The fraction of sp³-hybridized carbons (Fsp3) is 0.941. The van der Waals surface area contributed by atoms with Crippen molar-refractivity contribution in [3.8, 4) is 0 Å². The van der Waals surface area contributed by atoms with Crippen LogP contribution >= 0.6 is 0 Å². The summed E-state index contributed by atoms with van der Waals surface area (Å²) in [4.78, 5) is 14.2. The largest absolute Gasteiger partial charge is 0.368 e. The van der Waals surface area contributed by atoms with E-state index in [4.69, 9.17) is 5.73 Å². The van der Waals surface area contributed by atoms with Gasteiger partial charge in [0, 0.05) is 0 Å². The maximum atomic E-state index is 11.6. The summed E-state index contributed by atoms with van der Waals surface area (Å²) in [5.41, 5.74) is 4.98. The third kappa shape index (κ3) is 6.35. The summed E-state index contributed by atoms with van der Waals surface area (Å²) < 4.78 is 0. The van der Waals surface area contributed by atoms with Crippen LogP contribution in [-0.4, -0.2) is 42.5 Å². The summed E-state index contributed by atoms with van der Waals surface area (Å²) in [6.45, 7) is 10.7. The highest BCUT2D eigenvalue weighted by Gasteiger charge is 2.29. The van der Waals surface area contributed by atoms with Crippen LogP contribution in [-0.2, 0) is 4.79 Å². The Bertz CT molecular complexity index is 308. The zero-order chi connectivity index (χ0) is 15.7. The average molecular weight is 297 g/mol. The molecule has 0 spiro atoms. The second-order valence-corrected chi connectivity index (χ2v) is 6.73. The van der Waals surface area contributed by atoms with E-state index in [9.17, 15) is 4.79 Å². The van der Waals surface area contributed by atoms with E-state index < -0.39 is 5.54 Å². The molecule has 1 heterocycles. The van der Waals surface area contributed by atoms with E-state index in [1.807, 2.05) is 13.8 Å². The lowest BCUT2D eigenvalue weighted by Gasteiger charge is -2.27. The average Bonchev–Trinajstić information content (AvgIpc) is 2.69. The topological polar surface area (TPSA) is 58.4 Å². The highest BCUT2D eigenvalue weighted by molar-refractivity contribution is 5.84. The van der Waals surface area contributed by atoms with Crippen molar-refractivity contribution in [2.75, 3.05) is 26.2 Å². The van der Waals surface area contributed by atoms with Crippen LogP contribution in [0.4, 0.5) is 0 Å². The van der Waals surface area contributed by atoms with Gasteiger partial charge in [0.15, 0.2) is 0 Å². The van der Waals surface area contributed by atoms with E-state index >= 15 is 0 Å². The molecule has 2 unspecified atom stereocenters. The van der Waals surface area contributed by atoms with Gasteiger partial charge in [-0.15, -0.1) is 0 Å². The first kappa shape index (κ1) is 18.4. The third-order valence-corrected chi connectivity index (χ3v) is 5.03. The van der Waals surface area contributed by atoms with Gasteiger partial charge in [0.25, 0.3) is 0 Å². The monoisotopic (exact) mass is 297 g/mol. The Morgan fingerprint density at radius 2 is 2.05 bits per heavy atom. The lowest BCUT2D eigenvalue weighted by Crippen LogP contribution is -2.53.